The molecule has 0 radical (unpaired) electrons. The molecule has 0 aliphatic rings. The maximum Gasteiger partial charge on any atom is 0.175 e. The third kappa shape index (κ3) is 5.53. The summed E-state index contributed by atoms with van der Waals surface area (Å²) in [4.78, 5) is 0. The second kappa shape index (κ2) is 10.3. The Balaban J connectivity index is 1.95. The van der Waals surface area contributed by atoms with Gasteiger partial charge in [0.1, 0.15) is 6.61 Å². The largest absolute Gasteiger partial charge is 0.490 e. The minimum atomic E-state index is 0.454. The topological polar surface area (TPSA) is 42.2 Å². The second-order valence-corrected chi connectivity index (χ2v) is 7.76. The molecule has 3 nitrogen and oxygen atoms in total. The van der Waals surface area contributed by atoms with Crippen molar-refractivity contribution in [2.24, 2.45) is 0 Å². The lowest BCUT2D eigenvalue weighted by Gasteiger charge is -2.15. The maximum atomic E-state index is 9.64. The molecule has 0 saturated heterocycles. The van der Waals surface area contributed by atoms with E-state index in [0.29, 0.717) is 40.9 Å². The third-order valence-electron chi connectivity index (χ3n) is 4.15. The van der Waals surface area contributed by atoms with Gasteiger partial charge >= 0.3 is 0 Å². The number of allylic oxidation sites excluding steroid dienone is 1. The first kappa shape index (κ1) is 21.2. The smallest absolute Gasteiger partial charge is 0.175 e. The number of hydrogen-bond donors (Lipinski definition) is 0. The summed E-state index contributed by atoms with van der Waals surface area (Å²) in [6.45, 7) is 2.90. The van der Waals surface area contributed by atoms with Crippen LogP contribution in [0.3, 0.4) is 0 Å². The zero-order valence-electron chi connectivity index (χ0n) is 15.9. The molecule has 3 rings (SSSR count). The number of benzene rings is 3. The number of nitrogens with zero attached hydrogens (tertiary/aromatic N) is 1. The molecule has 0 bridgehead atoms. The molecule has 0 saturated carbocycles. The van der Waals surface area contributed by atoms with Crippen molar-refractivity contribution >= 4 is 45.8 Å². The number of nitriles is 1. The summed E-state index contributed by atoms with van der Waals surface area (Å²) in [5, 5.41) is 10.2. The first-order valence-electron chi connectivity index (χ1n) is 9.12. The van der Waals surface area contributed by atoms with Crippen molar-refractivity contribution < 1.29 is 9.47 Å². The Morgan fingerprint density at radius 3 is 2.48 bits per heavy atom. The highest BCUT2D eigenvalue weighted by Crippen LogP contribution is 2.36. The summed E-state index contributed by atoms with van der Waals surface area (Å²) < 4.78 is 12.8. The predicted molar refractivity (Wildman–Crippen MR) is 126 cm³/mol. The van der Waals surface area contributed by atoms with Crippen LogP contribution in [0.25, 0.3) is 11.6 Å². The van der Waals surface area contributed by atoms with Crippen LogP contribution in [0.15, 0.2) is 66.7 Å². The van der Waals surface area contributed by atoms with Crippen molar-refractivity contribution in [3.05, 3.63) is 92.0 Å². The van der Waals surface area contributed by atoms with Crippen LogP contribution in [-0.2, 0) is 6.61 Å². The van der Waals surface area contributed by atoms with Crippen molar-refractivity contribution in [1.29, 1.82) is 5.26 Å². The molecule has 0 spiro atoms. The van der Waals surface area contributed by atoms with Gasteiger partial charge in [0.05, 0.1) is 21.8 Å². The Labute approximate surface area is 189 Å². The van der Waals surface area contributed by atoms with Gasteiger partial charge in [-0.25, -0.2) is 0 Å². The average molecular weight is 516 g/mol. The van der Waals surface area contributed by atoms with Crippen LogP contribution in [0.1, 0.15) is 23.6 Å². The highest BCUT2D eigenvalue weighted by Gasteiger charge is 2.13. The number of halogens is 2. The van der Waals surface area contributed by atoms with E-state index < -0.39 is 0 Å². The molecular weight excluding hydrogens is 497 g/mol. The molecule has 0 aliphatic carbocycles. The molecule has 0 aromatic heterocycles. The summed E-state index contributed by atoms with van der Waals surface area (Å²) >= 11 is 8.49. The van der Waals surface area contributed by atoms with Gasteiger partial charge in [-0.3, -0.25) is 0 Å². The maximum absolute atomic E-state index is 9.64. The standard InChI is InChI=1S/C24H19ClINO2/c1-2-28-23-14-18(12-19(15-27)20-10-6-7-11-21(20)25)13-22(26)24(23)29-16-17-8-4-3-5-9-17/h3-14H,2,16H2,1H3. The number of hydrogen-bond acceptors (Lipinski definition) is 3. The molecule has 0 amide bonds. The minimum Gasteiger partial charge on any atom is -0.490 e. The van der Waals surface area contributed by atoms with Gasteiger partial charge < -0.3 is 9.47 Å². The van der Waals surface area contributed by atoms with Crippen molar-refractivity contribution in [1.82, 2.24) is 0 Å². The van der Waals surface area contributed by atoms with Gasteiger partial charge in [-0.15, -0.1) is 0 Å². The van der Waals surface area contributed by atoms with Crippen molar-refractivity contribution in [3.63, 3.8) is 0 Å². The summed E-state index contributed by atoms with van der Waals surface area (Å²) in [5.41, 5.74) is 3.13. The van der Waals surface area contributed by atoms with Crippen LogP contribution < -0.4 is 9.47 Å². The summed E-state index contributed by atoms with van der Waals surface area (Å²) in [6, 6.07) is 23.4. The lowest BCUT2D eigenvalue weighted by molar-refractivity contribution is 0.267. The van der Waals surface area contributed by atoms with E-state index in [1.165, 1.54) is 0 Å². The molecule has 5 heteroatoms. The average Bonchev–Trinajstić information content (AvgIpc) is 2.73. The Hall–Kier alpha value is -2.49. The fourth-order valence-corrected chi connectivity index (χ4v) is 3.84. The molecule has 0 N–H and O–H groups in total. The highest BCUT2D eigenvalue weighted by molar-refractivity contribution is 14.1. The molecule has 0 unspecified atom stereocenters. The van der Waals surface area contributed by atoms with E-state index in [2.05, 4.69) is 28.7 Å². The van der Waals surface area contributed by atoms with Gasteiger partial charge in [-0.1, -0.05) is 60.1 Å². The molecule has 0 fully saturated rings. The van der Waals surface area contributed by atoms with Crippen LogP contribution in [0.2, 0.25) is 5.02 Å². The minimum absolute atomic E-state index is 0.454. The second-order valence-electron chi connectivity index (χ2n) is 6.19. The Bertz CT molecular complexity index is 1060. The van der Waals surface area contributed by atoms with E-state index in [1.807, 2.05) is 73.7 Å². The van der Waals surface area contributed by atoms with Crippen molar-refractivity contribution in [2.75, 3.05) is 6.61 Å². The zero-order valence-corrected chi connectivity index (χ0v) is 18.8. The van der Waals surface area contributed by atoms with E-state index in [1.54, 1.807) is 6.07 Å². The summed E-state index contributed by atoms with van der Waals surface area (Å²) in [5.74, 6) is 1.35. The van der Waals surface area contributed by atoms with Crippen molar-refractivity contribution in [3.8, 4) is 17.6 Å². The van der Waals surface area contributed by atoms with Crippen LogP contribution in [-0.4, -0.2) is 6.61 Å². The first-order chi connectivity index (χ1) is 14.1. The fourth-order valence-electron chi connectivity index (χ4n) is 2.82. The van der Waals surface area contributed by atoms with Gasteiger partial charge in [0.25, 0.3) is 0 Å². The molecule has 29 heavy (non-hydrogen) atoms. The van der Waals surface area contributed by atoms with E-state index in [4.69, 9.17) is 21.1 Å². The third-order valence-corrected chi connectivity index (χ3v) is 5.28. The number of rotatable bonds is 7. The molecule has 146 valence electrons. The molecule has 3 aromatic rings. The molecule has 0 atom stereocenters. The predicted octanol–water partition coefficient (Wildman–Crippen LogP) is 6.99. The summed E-state index contributed by atoms with van der Waals surface area (Å²) in [7, 11) is 0. The number of ether oxygens (including phenoxy) is 2. The Morgan fingerprint density at radius 2 is 1.79 bits per heavy atom. The molecule has 3 aromatic carbocycles. The van der Waals surface area contributed by atoms with Gasteiger partial charge in [0.2, 0.25) is 0 Å². The van der Waals surface area contributed by atoms with Crippen LogP contribution in [0.5, 0.6) is 11.5 Å². The lowest BCUT2D eigenvalue weighted by atomic mass is 10.0. The normalized spacial score (nSPS) is 11.0. The van der Waals surface area contributed by atoms with E-state index >= 15 is 0 Å². The highest BCUT2D eigenvalue weighted by atomic mass is 127. The van der Waals surface area contributed by atoms with Gasteiger partial charge in [-0.05, 0) is 64.9 Å². The zero-order chi connectivity index (χ0) is 20.6. The van der Waals surface area contributed by atoms with Crippen LogP contribution >= 0.6 is 34.2 Å². The van der Waals surface area contributed by atoms with Gasteiger partial charge in [0.15, 0.2) is 11.5 Å². The summed E-state index contributed by atoms with van der Waals surface area (Å²) in [6.07, 6.45) is 1.81. The SMILES string of the molecule is CCOc1cc(C=C(C#N)c2ccccc2Cl)cc(I)c1OCc1ccccc1. The monoisotopic (exact) mass is 515 g/mol. The van der Waals surface area contributed by atoms with E-state index in [-0.39, 0.29) is 0 Å². The first-order valence-corrected chi connectivity index (χ1v) is 10.6. The molecular formula is C24H19ClINO2. The van der Waals surface area contributed by atoms with E-state index in [9.17, 15) is 5.26 Å². The molecule has 0 heterocycles. The Morgan fingerprint density at radius 1 is 1.07 bits per heavy atom. The van der Waals surface area contributed by atoms with Gasteiger partial charge in [-0.2, -0.15) is 5.26 Å². The molecule has 0 aliphatic heterocycles. The fraction of sp³-hybridized carbons (Fsp3) is 0.125. The van der Waals surface area contributed by atoms with Gasteiger partial charge in [0, 0.05) is 10.6 Å². The quantitative estimate of drug-likeness (QED) is 0.194. The van der Waals surface area contributed by atoms with Crippen LogP contribution in [0, 0.1) is 14.9 Å². The van der Waals surface area contributed by atoms with Crippen molar-refractivity contribution in [2.45, 2.75) is 13.5 Å². The van der Waals surface area contributed by atoms with Crippen LogP contribution in [0.4, 0.5) is 0 Å². The Kier molecular flexibility index (Phi) is 7.56. The lowest BCUT2D eigenvalue weighted by Crippen LogP contribution is -2.02. The van der Waals surface area contributed by atoms with E-state index in [0.717, 1.165) is 14.7 Å².